The Kier molecular flexibility index (Phi) is 7.36. The maximum Gasteiger partial charge on any atom is 0.166 e. The van der Waals surface area contributed by atoms with Crippen LogP contribution in [-0.2, 0) is 18.2 Å². The Hall–Kier alpha value is -1.14. The van der Waals surface area contributed by atoms with Gasteiger partial charge in [-0.05, 0) is 37.5 Å². The van der Waals surface area contributed by atoms with Gasteiger partial charge in [-0.1, -0.05) is 0 Å². The minimum Gasteiger partial charge on any atom is -0.382 e. The minimum absolute atomic E-state index is 0.704. The van der Waals surface area contributed by atoms with E-state index in [-0.39, 0.29) is 0 Å². The Morgan fingerprint density at radius 1 is 1.44 bits per heavy atom. The summed E-state index contributed by atoms with van der Waals surface area (Å²) < 4.78 is 7.05. The molecule has 0 aliphatic heterocycles. The highest BCUT2D eigenvalue weighted by atomic mass is 32.1. The molecule has 0 spiro atoms. The molecule has 102 valence electrons. The summed E-state index contributed by atoms with van der Waals surface area (Å²) in [5.74, 6) is 0. The molecule has 6 heteroatoms. The first kappa shape index (κ1) is 14.9. The molecule has 0 amide bonds. The van der Waals surface area contributed by atoms with Crippen molar-refractivity contribution in [3.63, 3.8) is 0 Å². The van der Waals surface area contributed by atoms with Crippen molar-refractivity contribution in [3.05, 3.63) is 18.0 Å². The lowest BCUT2D eigenvalue weighted by molar-refractivity contribution is 0.145. The van der Waals surface area contributed by atoms with Crippen LogP contribution < -0.4 is 10.6 Å². The Morgan fingerprint density at radius 2 is 2.22 bits per heavy atom. The third-order valence-electron chi connectivity index (χ3n) is 2.41. The smallest absolute Gasteiger partial charge is 0.166 e. The topological polar surface area (TPSA) is 51.1 Å². The van der Waals surface area contributed by atoms with Gasteiger partial charge >= 0.3 is 0 Å². The molecule has 0 saturated carbocycles. The molecule has 0 aliphatic carbocycles. The van der Waals surface area contributed by atoms with Crippen molar-refractivity contribution in [1.82, 2.24) is 20.4 Å². The third-order valence-corrected chi connectivity index (χ3v) is 2.70. The van der Waals surface area contributed by atoms with Crippen molar-refractivity contribution >= 4 is 17.3 Å². The Labute approximate surface area is 114 Å². The lowest BCUT2D eigenvalue weighted by atomic mass is 10.2. The summed E-state index contributed by atoms with van der Waals surface area (Å²) >= 11 is 5.17. The van der Waals surface area contributed by atoms with Crippen LogP contribution in [0.25, 0.3) is 0 Å². The van der Waals surface area contributed by atoms with Crippen molar-refractivity contribution in [2.24, 2.45) is 7.05 Å². The third kappa shape index (κ3) is 6.56. The molecule has 0 radical (unpaired) electrons. The van der Waals surface area contributed by atoms with Gasteiger partial charge in [-0.25, -0.2) is 0 Å². The van der Waals surface area contributed by atoms with Crippen LogP contribution in [0.5, 0.6) is 0 Å². The maximum atomic E-state index is 5.24. The number of hydrogen-bond acceptors (Lipinski definition) is 3. The molecule has 0 fully saturated rings. The summed E-state index contributed by atoms with van der Waals surface area (Å²) in [4.78, 5) is 0. The molecule has 0 bridgehead atoms. The average molecular weight is 270 g/mol. The van der Waals surface area contributed by atoms with E-state index in [1.54, 1.807) is 4.68 Å². The molecule has 0 aromatic carbocycles. The van der Waals surface area contributed by atoms with Gasteiger partial charge in [-0.15, -0.1) is 0 Å². The van der Waals surface area contributed by atoms with E-state index in [1.165, 1.54) is 5.56 Å². The van der Waals surface area contributed by atoms with Crippen LogP contribution in [0.1, 0.15) is 18.9 Å². The lowest BCUT2D eigenvalue weighted by Gasteiger charge is -2.09. The summed E-state index contributed by atoms with van der Waals surface area (Å²) in [6.07, 6.45) is 5.79. The first-order chi connectivity index (χ1) is 8.72. The first-order valence-corrected chi connectivity index (χ1v) is 6.70. The van der Waals surface area contributed by atoms with E-state index in [2.05, 4.69) is 15.7 Å². The van der Waals surface area contributed by atoms with Crippen LogP contribution in [-0.4, -0.2) is 41.2 Å². The highest BCUT2D eigenvalue weighted by Gasteiger charge is 1.98. The van der Waals surface area contributed by atoms with Gasteiger partial charge in [-0.2, -0.15) is 5.10 Å². The number of hydrogen-bond donors (Lipinski definition) is 2. The van der Waals surface area contributed by atoms with Gasteiger partial charge in [0.05, 0.1) is 6.20 Å². The molecule has 1 aromatic rings. The fraction of sp³-hybridized carbons (Fsp3) is 0.667. The van der Waals surface area contributed by atoms with Crippen LogP contribution in [0, 0.1) is 0 Å². The Bertz CT molecular complexity index is 354. The molecule has 1 rings (SSSR count). The standard InChI is InChI=1S/C12H22N4OS/c1-3-17-8-4-6-13-12(18)14-7-5-11-9-15-16(2)10-11/h9-10H,3-8H2,1-2H3,(H2,13,14,18). The second-order valence-electron chi connectivity index (χ2n) is 4.01. The number of rotatable bonds is 8. The van der Waals surface area contributed by atoms with Crippen LogP contribution in [0.3, 0.4) is 0 Å². The average Bonchev–Trinajstić information content (AvgIpc) is 2.75. The second-order valence-corrected chi connectivity index (χ2v) is 4.41. The van der Waals surface area contributed by atoms with Crippen molar-refractivity contribution in [2.45, 2.75) is 19.8 Å². The summed E-state index contributed by atoms with van der Waals surface area (Å²) in [5, 5.41) is 11.1. The van der Waals surface area contributed by atoms with E-state index in [9.17, 15) is 0 Å². The zero-order chi connectivity index (χ0) is 13.2. The Balaban J connectivity index is 2.00. The van der Waals surface area contributed by atoms with Gasteiger partial charge in [0.1, 0.15) is 0 Å². The van der Waals surface area contributed by atoms with Gasteiger partial charge in [0.25, 0.3) is 0 Å². The van der Waals surface area contributed by atoms with E-state index in [0.717, 1.165) is 39.1 Å². The van der Waals surface area contributed by atoms with E-state index in [0.29, 0.717) is 5.11 Å². The van der Waals surface area contributed by atoms with Crippen molar-refractivity contribution in [2.75, 3.05) is 26.3 Å². The molecular formula is C12H22N4OS. The Morgan fingerprint density at radius 3 is 2.89 bits per heavy atom. The number of nitrogens with zero attached hydrogens (tertiary/aromatic N) is 2. The number of ether oxygens (including phenoxy) is 1. The van der Waals surface area contributed by atoms with E-state index in [1.807, 2.05) is 26.4 Å². The molecule has 18 heavy (non-hydrogen) atoms. The molecule has 1 heterocycles. The first-order valence-electron chi connectivity index (χ1n) is 6.29. The fourth-order valence-corrected chi connectivity index (χ4v) is 1.71. The molecule has 0 unspecified atom stereocenters. The largest absolute Gasteiger partial charge is 0.382 e. The number of aromatic nitrogens is 2. The van der Waals surface area contributed by atoms with Gasteiger partial charge < -0.3 is 15.4 Å². The van der Waals surface area contributed by atoms with Gasteiger partial charge in [0.15, 0.2) is 5.11 Å². The molecule has 2 N–H and O–H groups in total. The van der Waals surface area contributed by atoms with Gasteiger partial charge in [0.2, 0.25) is 0 Å². The predicted molar refractivity (Wildman–Crippen MR) is 76.6 cm³/mol. The van der Waals surface area contributed by atoms with Crippen LogP contribution >= 0.6 is 12.2 Å². The summed E-state index contributed by atoms with van der Waals surface area (Å²) in [5.41, 5.74) is 1.21. The molecule has 0 atom stereocenters. The quantitative estimate of drug-likeness (QED) is 0.542. The number of aryl methyl sites for hydroxylation is 1. The summed E-state index contributed by atoms with van der Waals surface area (Å²) in [6, 6.07) is 0. The summed E-state index contributed by atoms with van der Waals surface area (Å²) in [7, 11) is 1.92. The lowest BCUT2D eigenvalue weighted by Crippen LogP contribution is -2.37. The number of nitrogens with one attached hydrogen (secondary N) is 2. The predicted octanol–water partition coefficient (Wildman–Crippen LogP) is 0.853. The number of thiocarbonyl (C=S) groups is 1. The fourth-order valence-electron chi connectivity index (χ4n) is 1.50. The van der Waals surface area contributed by atoms with E-state index >= 15 is 0 Å². The zero-order valence-corrected chi connectivity index (χ0v) is 11.9. The molecule has 0 aliphatic rings. The molecular weight excluding hydrogens is 248 g/mol. The van der Waals surface area contributed by atoms with Crippen LogP contribution in [0.4, 0.5) is 0 Å². The van der Waals surface area contributed by atoms with E-state index in [4.69, 9.17) is 17.0 Å². The molecule has 5 nitrogen and oxygen atoms in total. The van der Waals surface area contributed by atoms with Crippen molar-refractivity contribution in [3.8, 4) is 0 Å². The molecule has 0 saturated heterocycles. The van der Waals surface area contributed by atoms with Gasteiger partial charge in [-0.3, -0.25) is 4.68 Å². The molecule has 1 aromatic heterocycles. The maximum absolute atomic E-state index is 5.24. The summed E-state index contributed by atoms with van der Waals surface area (Å²) in [6.45, 7) is 5.22. The van der Waals surface area contributed by atoms with E-state index < -0.39 is 0 Å². The minimum atomic E-state index is 0.704. The SMILES string of the molecule is CCOCCCNC(=S)NCCc1cnn(C)c1. The second kappa shape index (κ2) is 8.88. The highest BCUT2D eigenvalue weighted by molar-refractivity contribution is 7.80. The van der Waals surface area contributed by atoms with Crippen LogP contribution in [0.15, 0.2) is 12.4 Å². The van der Waals surface area contributed by atoms with Crippen molar-refractivity contribution < 1.29 is 4.74 Å². The monoisotopic (exact) mass is 270 g/mol. The highest BCUT2D eigenvalue weighted by Crippen LogP contribution is 1.95. The van der Waals surface area contributed by atoms with Crippen molar-refractivity contribution in [1.29, 1.82) is 0 Å². The van der Waals surface area contributed by atoms with Crippen LogP contribution in [0.2, 0.25) is 0 Å². The normalized spacial score (nSPS) is 10.3. The zero-order valence-electron chi connectivity index (χ0n) is 11.1. The van der Waals surface area contributed by atoms with Gasteiger partial charge in [0, 0.05) is 39.5 Å².